The maximum atomic E-state index is 12.7. The fourth-order valence-electron chi connectivity index (χ4n) is 3.25. The maximum absolute atomic E-state index is 12.7. The highest BCUT2D eigenvalue weighted by atomic mass is 16.5. The van der Waals surface area contributed by atoms with E-state index in [0.717, 1.165) is 16.9 Å². The lowest BCUT2D eigenvalue weighted by Gasteiger charge is -2.34. The van der Waals surface area contributed by atoms with Gasteiger partial charge in [0, 0.05) is 6.54 Å². The first-order chi connectivity index (χ1) is 12.1. The van der Waals surface area contributed by atoms with Gasteiger partial charge in [-0.3, -0.25) is 4.79 Å². The number of ether oxygens (including phenoxy) is 1. The van der Waals surface area contributed by atoms with E-state index < -0.39 is 12.0 Å². The Labute approximate surface area is 146 Å². The van der Waals surface area contributed by atoms with Gasteiger partial charge < -0.3 is 14.7 Å². The molecule has 25 heavy (non-hydrogen) atoms. The Balaban J connectivity index is 1.78. The van der Waals surface area contributed by atoms with Crippen LogP contribution in [0.3, 0.4) is 0 Å². The minimum absolute atomic E-state index is 0.175. The first-order valence-electron chi connectivity index (χ1n) is 8.42. The Hall–Kier alpha value is -2.82. The second-order valence-electron chi connectivity index (χ2n) is 6.03. The number of carboxylic acid groups (broad SMARTS) is 1. The molecule has 0 unspecified atom stereocenters. The molecule has 1 aliphatic heterocycles. The van der Waals surface area contributed by atoms with Gasteiger partial charge in [0.25, 0.3) is 0 Å². The van der Waals surface area contributed by atoms with E-state index in [-0.39, 0.29) is 12.3 Å². The smallest absolute Gasteiger partial charge is 0.331 e. The van der Waals surface area contributed by atoms with Crippen molar-refractivity contribution in [2.24, 2.45) is 0 Å². The predicted molar refractivity (Wildman–Crippen MR) is 93.6 cm³/mol. The van der Waals surface area contributed by atoms with Gasteiger partial charge in [0.2, 0.25) is 5.91 Å². The molecule has 3 rings (SSSR count). The van der Waals surface area contributed by atoms with E-state index in [4.69, 9.17) is 4.74 Å². The summed E-state index contributed by atoms with van der Waals surface area (Å²) in [5, 5.41) is 9.66. The molecule has 0 bridgehead atoms. The van der Waals surface area contributed by atoms with Crippen LogP contribution in [-0.4, -0.2) is 35.0 Å². The molecule has 0 radical (unpaired) electrons. The molecule has 0 aromatic heterocycles. The number of amides is 1. The molecule has 1 heterocycles. The fourth-order valence-corrected chi connectivity index (χ4v) is 3.25. The monoisotopic (exact) mass is 339 g/mol. The van der Waals surface area contributed by atoms with Crippen LogP contribution in [0, 0.1) is 0 Å². The highest BCUT2D eigenvalue weighted by Crippen LogP contribution is 2.30. The van der Waals surface area contributed by atoms with E-state index in [1.807, 2.05) is 49.4 Å². The number of fused-ring (bicyclic) bond motifs is 1. The summed E-state index contributed by atoms with van der Waals surface area (Å²) >= 11 is 0. The molecule has 1 N–H and O–H groups in total. The van der Waals surface area contributed by atoms with Gasteiger partial charge in [0.05, 0.1) is 13.0 Å². The van der Waals surface area contributed by atoms with Crippen LogP contribution < -0.4 is 4.74 Å². The van der Waals surface area contributed by atoms with Crippen LogP contribution in [0.1, 0.15) is 29.7 Å². The van der Waals surface area contributed by atoms with Gasteiger partial charge >= 0.3 is 5.97 Å². The summed E-state index contributed by atoms with van der Waals surface area (Å²) in [6.07, 6.45) is 0.854. The number of rotatable bonds is 5. The van der Waals surface area contributed by atoms with Gasteiger partial charge in [-0.2, -0.15) is 0 Å². The number of carbonyl (C=O) groups excluding carboxylic acids is 1. The van der Waals surface area contributed by atoms with E-state index in [1.54, 1.807) is 6.07 Å². The van der Waals surface area contributed by atoms with Gasteiger partial charge in [-0.15, -0.1) is 0 Å². The van der Waals surface area contributed by atoms with E-state index in [1.165, 1.54) is 4.90 Å². The highest BCUT2D eigenvalue weighted by Gasteiger charge is 2.35. The number of hydrogen-bond donors (Lipinski definition) is 1. The molecule has 1 aliphatic rings. The van der Waals surface area contributed by atoms with Crippen molar-refractivity contribution in [3.05, 3.63) is 65.2 Å². The normalized spacial score (nSPS) is 16.2. The van der Waals surface area contributed by atoms with Gasteiger partial charge in [-0.25, -0.2) is 4.79 Å². The Morgan fingerprint density at radius 3 is 2.56 bits per heavy atom. The van der Waals surface area contributed by atoms with Crippen molar-refractivity contribution >= 4 is 11.9 Å². The Morgan fingerprint density at radius 2 is 1.88 bits per heavy atom. The summed E-state index contributed by atoms with van der Waals surface area (Å²) in [5.41, 5.74) is 2.55. The van der Waals surface area contributed by atoms with Crippen molar-refractivity contribution < 1.29 is 19.4 Å². The zero-order valence-electron chi connectivity index (χ0n) is 14.1. The number of hydrogen-bond acceptors (Lipinski definition) is 3. The third kappa shape index (κ3) is 3.65. The molecule has 2 aromatic carbocycles. The van der Waals surface area contributed by atoms with Crippen molar-refractivity contribution in [1.29, 1.82) is 0 Å². The molecule has 1 amide bonds. The third-order valence-corrected chi connectivity index (χ3v) is 4.43. The van der Waals surface area contributed by atoms with E-state index in [9.17, 15) is 14.7 Å². The van der Waals surface area contributed by atoms with Gasteiger partial charge in [0.15, 0.2) is 6.04 Å². The van der Waals surface area contributed by atoms with Crippen LogP contribution in [0.25, 0.3) is 0 Å². The van der Waals surface area contributed by atoms with Crippen LogP contribution in [-0.2, 0) is 22.4 Å². The molecule has 130 valence electrons. The van der Waals surface area contributed by atoms with Crippen molar-refractivity contribution in [3.8, 4) is 5.75 Å². The van der Waals surface area contributed by atoms with E-state index in [0.29, 0.717) is 25.1 Å². The van der Waals surface area contributed by atoms with Crippen LogP contribution in [0.5, 0.6) is 5.75 Å². The lowest BCUT2D eigenvalue weighted by Crippen LogP contribution is -2.44. The second kappa shape index (κ2) is 7.38. The van der Waals surface area contributed by atoms with E-state index in [2.05, 4.69) is 0 Å². The lowest BCUT2D eigenvalue weighted by molar-refractivity contribution is -0.151. The number of benzene rings is 2. The molecule has 0 spiro atoms. The van der Waals surface area contributed by atoms with Crippen LogP contribution in [0.4, 0.5) is 0 Å². The molecule has 0 fully saturated rings. The molecular formula is C20H21NO4. The average Bonchev–Trinajstić information content (AvgIpc) is 2.62. The maximum Gasteiger partial charge on any atom is 0.331 e. The molecular weight excluding hydrogens is 318 g/mol. The molecule has 5 heteroatoms. The Morgan fingerprint density at radius 1 is 1.16 bits per heavy atom. The van der Waals surface area contributed by atoms with Crippen molar-refractivity contribution in [1.82, 2.24) is 4.90 Å². The summed E-state index contributed by atoms with van der Waals surface area (Å²) in [7, 11) is 0. The zero-order valence-corrected chi connectivity index (χ0v) is 14.1. The van der Waals surface area contributed by atoms with Gasteiger partial charge in [-0.1, -0.05) is 36.4 Å². The van der Waals surface area contributed by atoms with Gasteiger partial charge in [-0.05, 0) is 42.2 Å². The first-order valence-corrected chi connectivity index (χ1v) is 8.42. The number of aliphatic carboxylic acids is 1. The number of nitrogens with zero attached hydrogens (tertiary/aromatic N) is 1. The second-order valence-corrected chi connectivity index (χ2v) is 6.03. The summed E-state index contributed by atoms with van der Waals surface area (Å²) in [5.74, 6) is -0.410. The third-order valence-electron chi connectivity index (χ3n) is 4.43. The van der Waals surface area contributed by atoms with Crippen LogP contribution >= 0.6 is 0 Å². The van der Waals surface area contributed by atoms with Crippen LogP contribution in [0.2, 0.25) is 0 Å². The minimum Gasteiger partial charge on any atom is -0.494 e. The first kappa shape index (κ1) is 17.0. The SMILES string of the molecule is CCOc1ccc(CC(=O)N2CCc3ccccc3[C@H]2C(=O)O)cc1. The standard InChI is InChI=1S/C20H21NO4/c1-2-25-16-9-7-14(8-10-16)13-18(22)21-12-11-15-5-3-4-6-17(15)19(21)20(23)24/h3-10,19H,2,11-13H2,1H3,(H,23,24)/t19-/m0/s1. The largest absolute Gasteiger partial charge is 0.494 e. The molecule has 0 aliphatic carbocycles. The summed E-state index contributed by atoms with van der Waals surface area (Å²) in [6.45, 7) is 2.92. The molecule has 1 atom stereocenters. The molecule has 5 nitrogen and oxygen atoms in total. The molecule has 0 saturated carbocycles. The van der Waals surface area contributed by atoms with Crippen molar-refractivity contribution in [3.63, 3.8) is 0 Å². The van der Waals surface area contributed by atoms with Crippen molar-refractivity contribution in [2.75, 3.05) is 13.2 Å². The zero-order chi connectivity index (χ0) is 17.8. The van der Waals surface area contributed by atoms with Crippen LogP contribution in [0.15, 0.2) is 48.5 Å². The van der Waals surface area contributed by atoms with Gasteiger partial charge in [0.1, 0.15) is 5.75 Å². The Bertz CT molecular complexity index is 770. The van der Waals surface area contributed by atoms with E-state index >= 15 is 0 Å². The summed E-state index contributed by atoms with van der Waals surface area (Å²) in [6, 6.07) is 13.9. The topological polar surface area (TPSA) is 66.8 Å². The highest BCUT2D eigenvalue weighted by molar-refractivity contribution is 5.86. The number of carbonyl (C=O) groups is 2. The molecule has 2 aromatic rings. The lowest BCUT2D eigenvalue weighted by atomic mass is 9.92. The average molecular weight is 339 g/mol. The molecule has 0 saturated heterocycles. The fraction of sp³-hybridized carbons (Fsp3) is 0.300. The Kier molecular flexibility index (Phi) is 5.03. The summed E-state index contributed by atoms with van der Waals surface area (Å²) < 4.78 is 5.40. The minimum atomic E-state index is -0.993. The predicted octanol–water partition coefficient (Wildman–Crippen LogP) is 2.84. The van der Waals surface area contributed by atoms with Crippen molar-refractivity contribution in [2.45, 2.75) is 25.8 Å². The quantitative estimate of drug-likeness (QED) is 0.910. The number of carboxylic acids is 1. The summed E-state index contributed by atoms with van der Waals surface area (Å²) in [4.78, 5) is 26.0.